The van der Waals surface area contributed by atoms with Crippen LogP contribution >= 0.6 is 0 Å². The van der Waals surface area contributed by atoms with Gasteiger partial charge in [0.25, 0.3) is 0 Å². The van der Waals surface area contributed by atoms with Gasteiger partial charge in [0.1, 0.15) is 30.2 Å². The number of piperidine rings is 1. The summed E-state index contributed by atoms with van der Waals surface area (Å²) in [5, 5.41) is 47.5. The number of ketones is 1. The highest BCUT2D eigenvalue weighted by Gasteiger charge is 2.45. The molecule has 2 fully saturated rings. The molecule has 0 aliphatic carbocycles. The van der Waals surface area contributed by atoms with Gasteiger partial charge in [0.05, 0.1) is 12.0 Å². The van der Waals surface area contributed by atoms with E-state index in [0.29, 0.717) is 19.3 Å². The summed E-state index contributed by atoms with van der Waals surface area (Å²) in [6.45, 7) is 8.83. The van der Waals surface area contributed by atoms with Crippen molar-refractivity contribution in [2.45, 2.75) is 116 Å². The van der Waals surface area contributed by atoms with E-state index in [2.05, 4.69) is 10.2 Å². The molecule has 3 heterocycles. The molecule has 5 N–H and O–H groups in total. The van der Waals surface area contributed by atoms with E-state index in [9.17, 15) is 30.0 Å². The molecule has 1 amide bonds. The number of hydrogen-bond donors (Lipinski definition) is 5. The Bertz CT molecular complexity index is 1240. The van der Waals surface area contributed by atoms with Crippen molar-refractivity contribution in [3.63, 3.8) is 0 Å². The zero-order valence-electron chi connectivity index (χ0n) is 26.4. The van der Waals surface area contributed by atoms with Crippen molar-refractivity contribution < 1.29 is 39.5 Å². The fourth-order valence-corrected chi connectivity index (χ4v) is 6.08. The Morgan fingerprint density at radius 3 is 2.34 bits per heavy atom. The number of nitrogens with zero attached hydrogens (tertiary/aromatic N) is 2. The predicted molar refractivity (Wildman–Crippen MR) is 163 cm³/mol. The van der Waals surface area contributed by atoms with Crippen molar-refractivity contribution in [3.8, 4) is 5.88 Å². The first-order chi connectivity index (χ1) is 20.9. The van der Waals surface area contributed by atoms with Gasteiger partial charge >= 0.3 is 0 Å². The van der Waals surface area contributed by atoms with Crippen LogP contribution in [0.3, 0.4) is 0 Å². The summed E-state index contributed by atoms with van der Waals surface area (Å²) in [6.07, 6.45) is -1.10. The molecule has 5 atom stereocenters. The Morgan fingerprint density at radius 2 is 1.70 bits per heavy atom. The number of hydrogen-bond acceptors (Lipinski definition) is 9. The van der Waals surface area contributed by atoms with Crippen molar-refractivity contribution in [1.29, 1.82) is 0 Å². The van der Waals surface area contributed by atoms with Crippen LogP contribution in [-0.4, -0.2) is 97.6 Å². The zero-order valence-corrected chi connectivity index (χ0v) is 26.4. The summed E-state index contributed by atoms with van der Waals surface area (Å²) in [6, 6.07) is 8.12. The van der Waals surface area contributed by atoms with Gasteiger partial charge in [0.15, 0.2) is 0 Å². The molecule has 0 saturated carbocycles. The van der Waals surface area contributed by atoms with Crippen LogP contribution in [-0.2, 0) is 27.2 Å². The zero-order chi connectivity index (χ0) is 32.0. The number of carbonyl (C=O) groups excluding carboxylic acids is 2. The number of rotatable bonds is 13. The number of aliphatic hydroxyl groups is 4. The number of aliphatic hydroxyl groups excluding tert-OH is 4. The molecule has 11 heteroatoms. The molecular weight excluding hydrogens is 566 g/mol. The highest BCUT2D eigenvalue weighted by molar-refractivity contribution is 5.89. The fraction of sp³-hybridized carbons (Fsp3) is 0.667. The second-order valence-corrected chi connectivity index (χ2v) is 13.2. The van der Waals surface area contributed by atoms with Gasteiger partial charge in [-0.15, -0.1) is 5.10 Å². The van der Waals surface area contributed by atoms with Gasteiger partial charge in [-0.2, -0.15) is 0 Å². The van der Waals surface area contributed by atoms with Crippen LogP contribution < -0.4 is 4.74 Å². The summed E-state index contributed by atoms with van der Waals surface area (Å²) >= 11 is 0. The highest BCUT2D eigenvalue weighted by Crippen LogP contribution is 2.31. The molecule has 0 radical (unpaired) electrons. The summed E-state index contributed by atoms with van der Waals surface area (Å²) in [5.74, 6) is 0.509. The summed E-state index contributed by atoms with van der Waals surface area (Å²) in [7, 11) is 0. The SMILES string of the molecule is CC(C)c1[nH]nc(O[C@@H]2O[C@H](CO)[C@H](O)[C@H](O)[C@H]2O)c1Cc1ccc(CCCC(=O)CC(C)(C)C(=O)N2CCCCC2)cc1. The van der Waals surface area contributed by atoms with E-state index in [4.69, 9.17) is 9.47 Å². The third-order valence-corrected chi connectivity index (χ3v) is 8.70. The molecule has 4 rings (SSSR count). The van der Waals surface area contributed by atoms with Crippen LogP contribution in [0.15, 0.2) is 24.3 Å². The van der Waals surface area contributed by atoms with Gasteiger partial charge in [-0.1, -0.05) is 52.0 Å². The molecule has 1 aromatic carbocycles. The molecule has 0 bridgehead atoms. The van der Waals surface area contributed by atoms with Crippen LogP contribution in [0.25, 0.3) is 0 Å². The maximum Gasteiger partial charge on any atom is 0.238 e. The van der Waals surface area contributed by atoms with Gasteiger partial charge in [-0.25, -0.2) is 0 Å². The number of likely N-dealkylation sites (tertiary alicyclic amines) is 1. The van der Waals surface area contributed by atoms with Crippen LogP contribution in [0, 0.1) is 5.41 Å². The minimum atomic E-state index is -1.55. The molecule has 2 aromatic rings. The first-order valence-corrected chi connectivity index (χ1v) is 15.8. The number of nitrogens with one attached hydrogen (secondary N) is 1. The lowest BCUT2D eigenvalue weighted by atomic mass is 9.84. The number of benzene rings is 1. The molecular formula is C33H49N3O8. The van der Waals surface area contributed by atoms with Gasteiger partial charge < -0.3 is 34.8 Å². The Kier molecular flexibility index (Phi) is 11.6. The normalized spacial score (nSPS) is 24.5. The lowest BCUT2D eigenvalue weighted by Crippen LogP contribution is -2.60. The third kappa shape index (κ3) is 8.25. The number of aryl methyl sites for hydroxylation is 1. The average molecular weight is 616 g/mol. The number of aromatic amines is 1. The van der Waals surface area contributed by atoms with E-state index >= 15 is 0 Å². The van der Waals surface area contributed by atoms with Gasteiger partial charge in [-0.3, -0.25) is 14.7 Å². The molecule has 2 aliphatic heterocycles. The minimum Gasteiger partial charge on any atom is -0.443 e. The fourth-order valence-electron chi connectivity index (χ4n) is 6.08. The number of amides is 1. The first-order valence-electron chi connectivity index (χ1n) is 15.8. The Labute approximate surface area is 259 Å². The smallest absolute Gasteiger partial charge is 0.238 e. The van der Waals surface area contributed by atoms with E-state index in [1.54, 1.807) is 0 Å². The van der Waals surface area contributed by atoms with Gasteiger partial charge in [0.2, 0.25) is 18.1 Å². The number of Topliss-reactive ketones (excluding diaryl/α,β-unsaturated/α-hetero) is 1. The second kappa shape index (κ2) is 15.0. The van der Waals surface area contributed by atoms with Gasteiger partial charge in [0, 0.05) is 43.6 Å². The Balaban J connectivity index is 1.33. The number of ether oxygens (including phenoxy) is 2. The second-order valence-electron chi connectivity index (χ2n) is 13.2. The molecule has 1 aromatic heterocycles. The lowest BCUT2D eigenvalue weighted by Gasteiger charge is -2.39. The number of H-pyrrole nitrogens is 1. The predicted octanol–water partition coefficient (Wildman–Crippen LogP) is 2.62. The van der Waals surface area contributed by atoms with Crippen LogP contribution in [0.1, 0.15) is 94.5 Å². The van der Waals surface area contributed by atoms with E-state index in [1.807, 2.05) is 56.9 Å². The standard InChI is InChI=1S/C33H49N3O8/c1-20(2)26-24(30(35-34-26)44-31-29(41)28(40)27(39)25(19-37)43-31)17-22-13-11-21(12-14-22)9-8-10-23(38)18-33(3,4)32(42)36-15-6-5-7-16-36/h11-14,20,25,27-29,31,37,39-41H,5-10,15-19H2,1-4H3,(H,34,35)/t25-,27+,28+,29-,31+/m1/s1. The number of carbonyl (C=O) groups is 2. The summed E-state index contributed by atoms with van der Waals surface area (Å²) in [4.78, 5) is 27.6. The maximum atomic E-state index is 13.0. The number of aromatic nitrogens is 2. The van der Waals surface area contributed by atoms with E-state index < -0.39 is 42.7 Å². The van der Waals surface area contributed by atoms with Crippen LogP contribution in [0.2, 0.25) is 0 Å². The van der Waals surface area contributed by atoms with Crippen molar-refractivity contribution in [1.82, 2.24) is 15.1 Å². The Morgan fingerprint density at radius 1 is 1.05 bits per heavy atom. The quantitative estimate of drug-likeness (QED) is 0.228. The average Bonchev–Trinajstić information content (AvgIpc) is 3.40. The monoisotopic (exact) mass is 615 g/mol. The molecule has 0 unspecified atom stereocenters. The van der Waals surface area contributed by atoms with E-state index in [-0.39, 0.29) is 29.9 Å². The third-order valence-electron chi connectivity index (χ3n) is 8.70. The van der Waals surface area contributed by atoms with E-state index in [0.717, 1.165) is 61.2 Å². The lowest BCUT2D eigenvalue weighted by molar-refractivity contribution is -0.278. The van der Waals surface area contributed by atoms with Gasteiger partial charge in [-0.05, 0) is 49.1 Å². The van der Waals surface area contributed by atoms with Crippen LogP contribution in [0.5, 0.6) is 5.88 Å². The van der Waals surface area contributed by atoms with Crippen molar-refractivity contribution in [3.05, 3.63) is 46.6 Å². The van der Waals surface area contributed by atoms with Crippen LogP contribution in [0.4, 0.5) is 0 Å². The van der Waals surface area contributed by atoms with Crippen molar-refractivity contribution >= 4 is 11.7 Å². The maximum absolute atomic E-state index is 13.0. The Hall–Kier alpha value is -2.83. The largest absolute Gasteiger partial charge is 0.443 e. The highest BCUT2D eigenvalue weighted by atomic mass is 16.7. The first kappa shape index (κ1) is 34.1. The molecule has 2 saturated heterocycles. The van der Waals surface area contributed by atoms with E-state index in [1.165, 1.54) is 0 Å². The molecule has 0 spiro atoms. The summed E-state index contributed by atoms with van der Waals surface area (Å²) < 4.78 is 11.4. The molecule has 11 nitrogen and oxygen atoms in total. The molecule has 2 aliphatic rings. The van der Waals surface area contributed by atoms with Crippen molar-refractivity contribution in [2.24, 2.45) is 5.41 Å². The van der Waals surface area contributed by atoms with Crippen molar-refractivity contribution in [2.75, 3.05) is 19.7 Å². The molecule has 244 valence electrons. The molecule has 44 heavy (non-hydrogen) atoms. The summed E-state index contributed by atoms with van der Waals surface area (Å²) in [5.41, 5.74) is 3.07. The minimum absolute atomic E-state index is 0.0844. The topological polar surface area (TPSA) is 165 Å².